The minimum Gasteiger partial charge on any atom is -0.376 e. The molecule has 1 aromatic heterocycles. The summed E-state index contributed by atoms with van der Waals surface area (Å²) in [6, 6.07) is 0.664. The summed E-state index contributed by atoms with van der Waals surface area (Å²) >= 11 is 0. The molecule has 0 bridgehead atoms. The van der Waals surface area contributed by atoms with Crippen molar-refractivity contribution in [1.29, 1.82) is 0 Å². The van der Waals surface area contributed by atoms with Gasteiger partial charge in [-0.1, -0.05) is 0 Å². The van der Waals surface area contributed by atoms with Crippen LogP contribution in [-0.4, -0.2) is 58.9 Å². The number of carbonyl (C=O) groups excluding carboxylic acids is 1. The second kappa shape index (κ2) is 5.66. The number of fused-ring (bicyclic) bond motifs is 2. The van der Waals surface area contributed by atoms with E-state index in [9.17, 15) is 4.79 Å². The zero-order valence-corrected chi connectivity index (χ0v) is 13.1. The summed E-state index contributed by atoms with van der Waals surface area (Å²) in [6.45, 7) is 4.79. The highest BCUT2D eigenvalue weighted by atomic mass is 16.5. The molecule has 2 aliphatic heterocycles. The number of morpholine rings is 1. The number of aryl methyl sites for hydroxylation is 1. The van der Waals surface area contributed by atoms with Gasteiger partial charge in [-0.15, -0.1) is 0 Å². The molecule has 3 atom stereocenters. The van der Waals surface area contributed by atoms with E-state index in [4.69, 9.17) is 4.74 Å². The van der Waals surface area contributed by atoms with Crippen molar-refractivity contribution in [2.24, 2.45) is 0 Å². The molecule has 1 aliphatic carbocycles. The number of ether oxygens (including phenoxy) is 1. The summed E-state index contributed by atoms with van der Waals surface area (Å²) in [7, 11) is 0. The van der Waals surface area contributed by atoms with Crippen molar-refractivity contribution in [3.05, 3.63) is 17.0 Å². The Kier molecular flexibility index (Phi) is 3.66. The number of carbonyl (C=O) groups is 1. The molecule has 0 aromatic carbocycles. The van der Waals surface area contributed by atoms with Gasteiger partial charge in [-0.2, -0.15) is 5.10 Å². The topological polar surface area (TPSA) is 70.2 Å². The number of hydrogen-bond donors (Lipinski definition) is 2. The molecular weight excluding hydrogens is 280 g/mol. The third-order valence-electron chi connectivity index (χ3n) is 5.20. The quantitative estimate of drug-likeness (QED) is 0.851. The average molecular weight is 304 g/mol. The van der Waals surface area contributed by atoms with Crippen LogP contribution in [0.1, 0.15) is 47.9 Å². The molecule has 3 heterocycles. The number of aromatic amines is 1. The lowest BCUT2D eigenvalue weighted by Gasteiger charge is -2.33. The van der Waals surface area contributed by atoms with E-state index in [1.165, 1.54) is 6.42 Å². The van der Waals surface area contributed by atoms with Crippen LogP contribution in [0, 0.1) is 0 Å². The van der Waals surface area contributed by atoms with Crippen molar-refractivity contribution in [1.82, 2.24) is 20.4 Å². The monoisotopic (exact) mass is 304 g/mol. The Bertz CT molecular complexity index is 570. The SMILES string of the molecule is C[C@H]1CN2C[C@@H](NC(=O)c3n[nH]c4c3CCCC4)C[C@H]2CO1. The van der Waals surface area contributed by atoms with Crippen LogP contribution in [0.3, 0.4) is 0 Å². The van der Waals surface area contributed by atoms with Crippen molar-refractivity contribution in [2.75, 3.05) is 19.7 Å². The Morgan fingerprint density at radius 1 is 1.36 bits per heavy atom. The molecule has 0 saturated carbocycles. The first kappa shape index (κ1) is 14.2. The van der Waals surface area contributed by atoms with Crippen LogP contribution in [0.4, 0.5) is 0 Å². The highest BCUT2D eigenvalue weighted by Crippen LogP contribution is 2.25. The summed E-state index contributed by atoms with van der Waals surface area (Å²) in [6.07, 6.45) is 5.60. The number of nitrogens with one attached hydrogen (secondary N) is 2. The van der Waals surface area contributed by atoms with Gasteiger partial charge in [-0.3, -0.25) is 14.8 Å². The molecule has 6 heteroatoms. The molecule has 2 N–H and O–H groups in total. The predicted molar refractivity (Wildman–Crippen MR) is 81.9 cm³/mol. The smallest absolute Gasteiger partial charge is 0.272 e. The Morgan fingerprint density at radius 2 is 2.23 bits per heavy atom. The Morgan fingerprint density at radius 3 is 3.14 bits per heavy atom. The summed E-state index contributed by atoms with van der Waals surface area (Å²) in [5.41, 5.74) is 2.91. The molecule has 22 heavy (non-hydrogen) atoms. The molecule has 1 amide bonds. The zero-order valence-electron chi connectivity index (χ0n) is 13.1. The van der Waals surface area contributed by atoms with E-state index >= 15 is 0 Å². The molecule has 0 radical (unpaired) electrons. The van der Waals surface area contributed by atoms with Crippen molar-refractivity contribution in [3.63, 3.8) is 0 Å². The second-order valence-electron chi connectivity index (χ2n) is 6.89. The first-order chi connectivity index (χ1) is 10.7. The van der Waals surface area contributed by atoms with E-state index in [1.54, 1.807) is 0 Å². The zero-order chi connectivity index (χ0) is 15.1. The van der Waals surface area contributed by atoms with Crippen molar-refractivity contribution < 1.29 is 9.53 Å². The maximum Gasteiger partial charge on any atom is 0.272 e. The van der Waals surface area contributed by atoms with Crippen LogP contribution in [-0.2, 0) is 17.6 Å². The summed E-state index contributed by atoms with van der Waals surface area (Å²) in [4.78, 5) is 15.0. The maximum absolute atomic E-state index is 12.6. The van der Waals surface area contributed by atoms with E-state index < -0.39 is 0 Å². The molecule has 4 rings (SSSR count). The molecule has 2 fully saturated rings. The van der Waals surface area contributed by atoms with Crippen LogP contribution in [0.5, 0.6) is 0 Å². The number of aromatic nitrogens is 2. The van der Waals surface area contributed by atoms with Crippen LogP contribution >= 0.6 is 0 Å². The van der Waals surface area contributed by atoms with Crippen molar-refractivity contribution in [2.45, 2.75) is 57.2 Å². The fraction of sp³-hybridized carbons (Fsp3) is 0.750. The third-order valence-corrected chi connectivity index (χ3v) is 5.20. The summed E-state index contributed by atoms with van der Waals surface area (Å²) in [5, 5.41) is 10.5. The van der Waals surface area contributed by atoms with E-state index in [-0.39, 0.29) is 11.9 Å². The van der Waals surface area contributed by atoms with Gasteiger partial charge in [-0.05, 0) is 39.0 Å². The lowest BCUT2D eigenvalue weighted by molar-refractivity contribution is -0.0390. The molecule has 0 unspecified atom stereocenters. The fourth-order valence-corrected chi connectivity index (χ4v) is 4.07. The average Bonchev–Trinajstić information content (AvgIpc) is 3.09. The van der Waals surface area contributed by atoms with Gasteiger partial charge >= 0.3 is 0 Å². The summed E-state index contributed by atoms with van der Waals surface area (Å²) < 4.78 is 5.72. The largest absolute Gasteiger partial charge is 0.376 e. The second-order valence-corrected chi connectivity index (χ2v) is 6.89. The van der Waals surface area contributed by atoms with E-state index in [2.05, 4.69) is 27.3 Å². The highest BCUT2D eigenvalue weighted by molar-refractivity contribution is 5.94. The number of hydrogen-bond acceptors (Lipinski definition) is 4. The van der Waals surface area contributed by atoms with Gasteiger partial charge in [0.2, 0.25) is 0 Å². The Labute approximate surface area is 130 Å². The number of rotatable bonds is 2. The summed E-state index contributed by atoms with van der Waals surface area (Å²) in [5.74, 6) is -0.0155. The van der Waals surface area contributed by atoms with Crippen LogP contribution in [0.2, 0.25) is 0 Å². The normalized spacial score (nSPS) is 31.6. The van der Waals surface area contributed by atoms with Gasteiger partial charge in [0, 0.05) is 36.4 Å². The molecular formula is C16H24N4O2. The van der Waals surface area contributed by atoms with Crippen LogP contribution in [0.25, 0.3) is 0 Å². The van der Waals surface area contributed by atoms with E-state index in [1.807, 2.05) is 0 Å². The molecule has 3 aliphatic rings. The number of amides is 1. The number of nitrogens with zero attached hydrogens (tertiary/aromatic N) is 2. The van der Waals surface area contributed by atoms with Gasteiger partial charge in [0.1, 0.15) is 0 Å². The first-order valence-electron chi connectivity index (χ1n) is 8.43. The maximum atomic E-state index is 12.6. The number of H-pyrrole nitrogens is 1. The Balaban J connectivity index is 1.41. The highest BCUT2D eigenvalue weighted by Gasteiger charge is 2.37. The van der Waals surface area contributed by atoms with Crippen LogP contribution < -0.4 is 5.32 Å². The van der Waals surface area contributed by atoms with Gasteiger partial charge < -0.3 is 10.1 Å². The standard InChI is InChI=1S/C16H24N4O2/c1-10-7-20-8-11(6-12(20)9-22-10)17-16(21)15-13-4-2-3-5-14(13)18-19-15/h10-12H,2-9H2,1H3,(H,17,21)(H,18,19)/t10-,11-,12-/m0/s1. The Hall–Kier alpha value is -1.40. The van der Waals surface area contributed by atoms with E-state index in [0.29, 0.717) is 17.8 Å². The van der Waals surface area contributed by atoms with Gasteiger partial charge in [-0.25, -0.2) is 0 Å². The third kappa shape index (κ3) is 2.54. The van der Waals surface area contributed by atoms with Gasteiger partial charge in [0.25, 0.3) is 5.91 Å². The molecule has 1 aromatic rings. The molecule has 0 spiro atoms. The fourth-order valence-electron chi connectivity index (χ4n) is 4.07. The lowest BCUT2D eigenvalue weighted by Crippen LogP contribution is -2.45. The van der Waals surface area contributed by atoms with Crippen molar-refractivity contribution in [3.8, 4) is 0 Å². The minimum atomic E-state index is -0.0155. The van der Waals surface area contributed by atoms with E-state index in [0.717, 1.165) is 56.6 Å². The van der Waals surface area contributed by atoms with Gasteiger partial charge in [0.15, 0.2) is 5.69 Å². The van der Waals surface area contributed by atoms with Gasteiger partial charge in [0.05, 0.1) is 12.7 Å². The molecule has 120 valence electrons. The molecule has 2 saturated heterocycles. The predicted octanol–water partition coefficient (Wildman–Crippen LogP) is 0.880. The van der Waals surface area contributed by atoms with Crippen LogP contribution in [0.15, 0.2) is 0 Å². The lowest BCUT2D eigenvalue weighted by atomic mass is 9.95. The van der Waals surface area contributed by atoms with Crippen molar-refractivity contribution >= 4 is 5.91 Å². The first-order valence-corrected chi connectivity index (χ1v) is 8.43. The molecule has 6 nitrogen and oxygen atoms in total. The minimum absolute atomic E-state index is 0.0155.